The van der Waals surface area contributed by atoms with Gasteiger partial charge in [-0.1, -0.05) is 29.8 Å². The average molecular weight is 251 g/mol. The van der Waals surface area contributed by atoms with E-state index in [0.717, 1.165) is 0 Å². The van der Waals surface area contributed by atoms with Gasteiger partial charge in [-0.2, -0.15) is 5.10 Å². The van der Waals surface area contributed by atoms with E-state index in [2.05, 4.69) is 5.10 Å². The van der Waals surface area contributed by atoms with Crippen molar-refractivity contribution < 1.29 is 9.90 Å². The van der Waals surface area contributed by atoms with Crippen LogP contribution in [-0.4, -0.2) is 20.9 Å². The number of carboxylic acid groups (broad SMARTS) is 1. The van der Waals surface area contributed by atoms with Crippen LogP contribution < -0.4 is 0 Å². The van der Waals surface area contributed by atoms with Gasteiger partial charge in [-0.25, -0.2) is 4.79 Å². The van der Waals surface area contributed by atoms with Gasteiger partial charge in [0.2, 0.25) is 0 Å². The molecule has 0 amide bonds. The highest BCUT2D eigenvalue weighted by atomic mass is 35.5. The molecule has 88 valence electrons. The summed E-state index contributed by atoms with van der Waals surface area (Å²) in [6, 6.07) is 7.13. The topological polar surface area (TPSA) is 55.1 Å². The summed E-state index contributed by atoms with van der Waals surface area (Å²) in [5.41, 5.74) is 1.88. The Labute approximate surface area is 103 Å². The Morgan fingerprint density at radius 2 is 2.06 bits per heavy atom. The number of aryl methyl sites for hydroxylation is 2. The number of hydrogen-bond acceptors (Lipinski definition) is 2. The molecule has 17 heavy (non-hydrogen) atoms. The summed E-state index contributed by atoms with van der Waals surface area (Å²) >= 11 is 6.08. The Bertz CT molecular complexity index is 590. The predicted octanol–water partition coefficient (Wildman–Crippen LogP) is 2.75. The summed E-state index contributed by atoms with van der Waals surface area (Å²) in [4.78, 5) is 11.2. The number of halogens is 1. The predicted molar refractivity (Wildman–Crippen MR) is 65.4 cm³/mol. The van der Waals surface area contributed by atoms with Crippen LogP contribution in [0.4, 0.5) is 0 Å². The average Bonchev–Trinajstić information content (AvgIpc) is 2.54. The van der Waals surface area contributed by atoms with Crippen molar-refractivity contribution in [3.8, 4) is 11.3 Å². The van der Waals surface area contributed by atoms with Crippen LogP contribution in [0.15, 0.2) is 24.3 Å². The first-order valence-electron chi connectivity index (χ1n) is 5.04. The first-order valence-corrected chi connectivity index (χ1v) is 5.42. The number of aromatic nitrogens is 2. The van der Waals surface area contributed by atoms with E-state index in [0.29, 0.717) is 22.0 Å². The molecule has 0 saturated heterocycles. The van der Waals surface area contributed by atoms with Crippen molar-refractivity contribution in [1.29, 1.82) is 0 Å². The third-order valence-electron chi connectivity index (χ3n) is 2.57. The zero-order valence-corrected chi connectivity index (χ0v) is 10.2. The zero-order chi connectivity index (χ0) is 12.6. The van der Waals surface area contributed by atoms with Crippen molar-refractivity contribution in [2.24, 2.45) is 7.05 Å². The summed E-state index contributed by atoms with van der Waals surface area (Å²) in [7, 11) is 1.71. The van der Waals surface area contributed by atoms with Crippen molar-refractivity contribution in [3.05, 3.63) is 40.5 Å². The largest absolute Gasteiger partial charge is 0.478 e. The van der Waals surface area contributed by atoms with Crippen LogP contribution >= 0.6 is 11.6 Å². The molecule has 1 N–H and O–H groups in total. The van der Waals surface area contributed by atoms with Crippen LogP contribution in [0.5, 0.6) is 0 Å². The van der Waals surface area contributed by atoms with Gasteiger partial charge >= 0.3 is 5.97 Å². The van der Waals surface area contributed by atoms with Gasteiger partial charge in [-0.15, -0.1) is 0 Å². The van der Waals surface area contributed by atoms with Crippen molar-refractivity contribution in [2.45, 2.75) is 6.92 Å². The number of aromatic carboxylic acids is 1. The van der Waals surface area contributed by atoms with Crippen molar-refractivity contribution in [1.82, 2.24) is 9.78 Å². The van der Waals surface area contributed by atoms with Crippen LogP contribution in [0, 0.1) is 6.92 Å². The van der Waals surface area contributed by atoms with Gasteiger partial charge in [0.25, 0.3) is 0 Å². The van der Waals surface area contributed by atoms with E-state index in [4.69, 9.17) is 11.6 Å². The van der Waals surface area contributed by atoms with E-state index in [1.165, 1.54) is 0 Å². The lowest BCUT2D eigenvalue weighted by Crippen LogP contribution is -2.01. The molecule has 1 aromatic carbocycles. The monoisotopic (exact) mass is 250 g/mol. The minimum absolute atomic E-state index is 0.195. The molecule has 0 bridgehead atoms. The molecular weight excluding hydrogens is 240 g/mol. The van der Waals surface area contributed by atoms with Crippen molar-refractivity contribution in [2.75, 3.05) is 0 Å². The number of rotatable bonds is 2. The van der Waals surface area contributed by atoms with E-state index in [-0.39, 0.29) is 5.56 Å². The van der Waals surface area contributed by atoms with Crippen molar-refractivity contribution >= 4 is 17.6 Å². The maximum atomic E-state index is 11.2. The highest BCUT2D eigenvalue weighted by Crippen LogP contribution is 2.31. The molecule has 0 aliphatic rings. The van der Waals surface area contributed by atoms with Crippen LogP contribution in [0.3, 0.4) is 0 Å². The maximum Gasteiger partial charge on any atom is 0.339 e. The van der Waals surface area contributed by atoms with E-state index < -0.39 is 5.97 Å². The minimum Gasteiger partial charge on any atom is -0.478 e. The molecule has 0 unspecified atom stereocenters. The Hall–Kier alpha value is -1.81. The van der Waals surface area contributed by atoms with E-state index in [9.17, 15) is 9.90 Å². The Morgan fingerprint density at radius 3 is 2.65 bits per heavy atom. The summed E-state index contributed by atoms with van der Waals surface area (Å²) in [5.74, 6) is -0.995. The summed E-state index contributed by atoms with van der Waals surface area (Å²) < 4.78 is 1.54. The van der Waals surface area contributed by atoms with Crippen LogP contribution in [0.25, 0.3) is 11.3 Å². The lowest BCUT2D eigenvalue weighted by molar-refractivity contribution is 0.0697. The lowest BCUT2D eigenvalue weighted by Gasteiger charge is -2.06. The summed E-state index contributed by atoms with van der Waals surface area (Å²) in [6.07, 6.45) is 0. The highest BCUT2D eigenvalue weighted by molar-refractivity contribution is 6.33. The molecule has 1 heterocycles. The first kappa shape index (κ1) is 11.7. The molecule has 5 heteroatoms. The van der Waals surface area contributed by atoms with Gasteiger partial charge in [0.1, 0.15) is 5.56 Å². The first-order chi connectivity index (χ1) is 8.02. The molecule has 2 rings (SSSR count). The third-order valence-corrected chi connectivity index (χ3v) is 2.89. The van der Waals surface area contributed by atoms with Gasteiger partial charge < -0.3 is 5.11 Å². The van der Waals surface area contributed by atoms with Gasteiger partial charge in [0, 0.05) is 17.6 Å². The maximum absolute atomic E-state index is 11.2. The summed E-state index contributed by atoms with van der Waals surface area (Å²) in [5, 5.41) is 13.9. The number of benzene rings is 1. The smallest absolute Gasteiger partial charge is 0.339 e. The zero-order valence-electron chi connectivity index (χ0n) is 9.44. The number of carbonyl (C=O) groups is 1. The van der Waals surface area contributed by atoms with Gasteiger partial charge in [-0.05, 0) is 13.0 Å². The second-order valence-corrected chi connectivity index (χ2v) is 4.12. The SMILES string of the molecule is Cc1nn(C)c(-c2ccccc2Cl)c1C(=O)O. The van der Waals surface area contributed by atoms with Gasteiger partial charge in [0.05, 0.1) is 11.4 Å². The molecule has 0 fully saturated rings. The Kier molecular flexibility index (Phi) is 2.90. The molecule has 4 nitrogen and oxygen atoms in total. The van der Waals surface area contributed by atoms with E-state index in [1.54, 1.807) is 36.9 Å². The third kappa shape index (κ3) is 1.91. The number of carboxylic acids is 1. The lowest BCUT2D eigenvalue weighted by atomic mass is 10.1. The normalized spacial score (nSPS) is 10.5. The Morgan fingerprint density at radius 1 is 1.41 bits per heavy atom. The second-order valence-electron chi connectivity index (χ2n) is 3.72. The molecule has 1 aromatic heterocycles. The van der Waals surface area contributed by atoms with Crippen LogP contribution in [-0.2, 0) is 7.05 Å². The van der Waals surface area contributed by atoms with Crippen molar-refractivity contribution in [3.63, 3.8) is 0 Å². The molecule has 0 saturated carbocycles. The molecule has 0 aliphatic heterocycles. The fraction of sp³-hybridized carbons (Fsp3) is 0.167. The molecular formula is C12H11ClN2O2. The van der Waals surface area contributed by atoms with Gasteiger partial charge in [0.15, 0.2) is 0 Å². The fourth-order valence-corrected chi connectivity index (χ4v) is 2.10. The molecule has 0 atom stereocenters. The fourth-order valence-electron chi connectivity index (χ4n) is 1.88. The summed E-state index contributed by atoms with van der Waals surface area (Å²) in [6.45, 7) is 1.67. The number of nitrogens with zero attached hydrogens (tertiary/aromatic N) is 2. The molecule has 0 aliphatic carbocycles. The quantitative estimate of drug-likeness (QED) is 0.892. The Balaban J connectivity index is 2.76. The van der Waals surface area contributed by atoms with Crippen LogP contribution in [0.2, 0.25) is 5.02 Å². The van der Waals surface area contributed by atoms with Gasteiger partial charge in [-0.3, -0.25) is 4.68 Å². The molecule has 2 aromatic rings. The second kappa shape index (κ2) is 4.22. The van der Waals surface area contributed by atoms with E-state index >= 15 is 0 Å². The minimum atomic E-state index is -0.995. The standard InChI is InChI=1S/C12H11ClN2O2/c1-7-10(12(16)17)11(15(2)14-7)8-5-3-4-6-9(8)13/h3-6H,1-2H3,(H,16,17). The van der Waals surface area contributed by atoms with E-state index in [1.807, 2.05) is 6.07 Å². The van der Waals surface area contributed by atoms with Crippen LogP contribution in [0.1, 0.15) is 16.1 Å². The highest BCUT2D eigenvalue weighted by Gasteiger charge is 2.21. The molecule has 0 spiro atoms. The number of hydrogen-bond donors (Lipinski definition) is 1. The molecule has 0 radical (unpaired) electrons.